The van der Waals surface area contributed by atoms with E-state index in [0.29, 0.717) is 6.42 Å². The molecule has 0 saturated carbocycles. The summed E-state index contributed by atoms with van der Waals surface area (Å²) in [6, 6.07) is 2.00. The number of hydrogen-bond acceptors (Lipinski definition) is 3. The Kier molecular flexibility index (Phi) is 3.54. The van der Waals surface area contributed by atoms with Gasteiger partial charge in [0, 0.05) is 29.3 Å². The molecular weight excluding hydrogens is 254 g/mol. The number of rotatable bonds is 3. The lowest BCUT2D eigenvalue weighted by Crippen LogP contribution is -2.12. The van der Waals surface area contributed by atoms with Gasteiger partial charge in [-0.15, -0.1) is 0 Å². The summed E-state index contributed by atoms with van der Waals surface area (Å²) in [5.74, 6) is -0.792. The van der Waals surface area contributed by atoms with E-state index in [4.69, 9.17) is 5.11 Å². The Labute approximate surface area is 118 Å². The average Bonchev–Trinajstić information content (AvgIpc) is 2.71. The summed E-state index contributed by atoms with van der Waals surface area (Å²) in [5.41, 5.74) is 4.62. The number of fused-ring (bicyclic) bond motifs is 1. The summed E-state index contributed by atoms with van der Waals surface area (Å²) in [6.07, 6.45) is 0.600. The largest absolute Gasteiger partial charge is 0.481 e. The molecule has 5 heteroatoms. The summed E-state index contributed by atoms with van der Waals surface area (Å²) in [5, 5.41) is 13.5. The molecule has 0 aliphatic heterocycles. The van der Waals surface area contributed by atoms with Crippen LogP contribution in [0, 0.1) is 13.8 Å². The van der Waals surface area contributed by atoms with Gasteiger partial charge < -0.3 is 5.11 Å². The maximum atomic E-state index is 10.8. The van der Waals surface area contributed by atoms with Gasteiger partial charge in [-0.3, -0.25) is 4.79 Å². The van der Waals surface area contributed by atoms with E-state index in [1.165, 1.54) is 0 Å². The van der Waals surface area contributed by atoms with Crippen LogP contribution < -0.4 is 0 Å². The van der Waals surface area contributed by atoms with Crippen molar-refractivity contribution in [1.82, 2.24) is 14.6 Å². The van der Waals surface area contributed by atoms with Crippen molar-refractivity contribution in [3.63, 3.8) is 0 Å². The fraction of sp³-hybridized carbons (Fsp3) is 0.533. The minimum atomic E-state index is -0.792. The van der Waals surface area contributed by atoms with Gasteiger partial charge in [-0.05, 0) is 25.8 Å². The van der Waals surface area contributed by atoms with E-state index in [0.717, 1.165) is 28.3 Å². The van der Waals surface area contributed by atoms with Gasteiger partial charge in [0.05, 0.1) is 5.69 Å². The molecule has 2 aromatic rings. The fourth-order valence-electron chi connectivity index (χ4n) is 2.29. The second-order valence-electron chi connectivity index (χ2n) is 6.20. The number of hydrogen-bond donors (Lipinski definition) is 1. The SMILES string of the molecule is Cc1nc2cc(C(C)(C)C)nn2c(C)c1CCC(=O)O. The highest BCUT2D eigenvalue weighted by molar-refractivity contribution is 5.67. The molecule has 2 rings (SSSR count). The van der Waals surface area contributed by atoms with E-state index in [9.17, 15) is 4.79 Å². The molecule has 0 aliphatic carbocycles. The first-order valence-electron chi connectivity index (χ1n) is 6.78. The zero-order valence-corrected chi connectivity index (χ0v) is 12.7. The van der Waals surface area contributed by atoms with Crippen molar-refractivity contribution in [2.75, 3.05) is 0 Å². The molecule has 0 aromatic carbocycles. The maximum Gasteiger partial charge on any atom is 0.303 e. The van der Waals surface area contributed by atoms with Gasteiger partial charge in [0.1, 0.15) is 0 Å². The van der Waals surface area contributed by atoms with Gasteiger partial charge >= 0.3 is 5.97 Å². The predicted octanol–water partition coefficient (Wildman–Crippen LogP) is 2.66. The molecule has 1 N–H and O–H groups in total. The number of carbonyl (C=O) groups is 1. The monoisotopic (exact) mass is 275 g/mol. The topological polar surface area (TPSA) is 67.5 Å². The lowest BCUT2D eigenvalue weighted by Gasteiger charge is -2.13. The summed E-state index contributed by atoms with van der Waals surface area (Å²) >= 11 is 0. The lowest BCUT2D eigenvalue weighted by molar-refractivity contribution is -0.136. The van der Waals surface area contributed by atoms with Crippen LogP contribution in [0.4, 0.5) is 0 Å². The molecule has 0 spiro atoms. The number of aryl methyl sites for hydroxylation is 2. The van der Waals surface area contributed by atoms with Gasteiger partial charge in [0.15, 0.2) is 5.65 Å². The maximum absolute atomic E-state index is 10.8. The highest BCUT2D eigenvalue weighted by atomic mass is 16.4. The first-order valence-corrected chi connectivity index (χ1v) is 6.78. The van der Waals surface area contributed by atoms with Crippen LogP contribution in [0.3, 0.4) is 0 Å². The van der Waals surface area contributed by atoms with E-state index in [1.807, 2.05) is 24.4 Å². The molecule has 0 saturated heterocycles. The standard InChI is InChI=1S/C15H21N3O2/c1-9-11(6-7-14(19)20)10(2)18-13(16-9)8-12(17-18)15(3,4)5/h8H,6-7H2,1-5H3,(H,19,20). The second-order valence-corrected chi connectivity index (χ2v) is 6.20. The molecule has 0 atom stereocenters. The van der Waals surface area contributed by atoms with E-state index in [2.05, 4.69) is 30.9 Å². The minimum Gasteiger partial charge on any atom is -0.481 e. The van der Waals surface area contributed by atoms with Gasteiger partial charge in [0.25, 0.3) is 0 Å². The van der Waals surface area contributed by atoms with E-state index in [1.54, 1.807) is 0 Å². The van der Waals surface area contributed by atoms with Crippen LogP contribution in [0.25, 0.3) is 5.65 Å². The molecule has 0 bridgehead atoms. The third-order valence-corrected chi connectivity index (χ3v) is 3.52. The lowest BCUT2D eigenvalue weighted by atomic mass is 9.93. The molecule has 0 unspecified atom stereocenters. The van der Waals surface area contributed by atoms with E-state index in [-0.39, 0.29) is 11.8 Å². The summed E-state index contributed by atoms with van der Waals surface area (Å²) < 4.78 is 1.82. The second kappa shape index (κ2) is 4.89. The molecule has 20 heavy (non-hydrogen) atoms. The van der Waals surface area contributed by atoms with Gasteiger partial charge in [-0.1, -0.05) is 20.8 Å². The van der Waals surface area contributed by atoms with Crippen LogP contribution in [0.2, 0.25) is 0 Å². The van der Waals surface area contributed by atoms with Crippen molar-refractivity contribution in [3.05, 3.63) is 28.7 Å². The van der Waals surface area contributed by atoms with Crippen molar-refractivity contribution >= 4 is 11.6 Å². The first-order chi connectivity index (χ1) is 9.20. The Morgan fingerprint density at radius 3 is 2.55 bits per heavy atom. The molecule has 2 aromatic heterocycles. The zero-order chi connectivity index (χ0) is 15.1. The normalized spacial score (nSPS) is 12.1. The summed E-state index contributed by atoms with van der Waals surface area (Å²) in [4.78, 5) is 15.3. The van der Waals surface area contributed by atoms with E-state index < -0.39 is 5.97 Å². The van der Waals surface area contributed by atoms with Gasteiger partial charge in [-0.25, -0.2) is 9.50 Å². The number of carboxylic acids is 1. The first kappa shape index (κ1) is 14.5. The van der Waals surface area contributed by atoms with Crippen LogP contribution >= 0.6 is 0 Å². The van der Waals surface area contributed by atoms with Crippen LogP contribution in [0.1, 0.15) is 49.8 Å². The molecule has 2 heterocycles. The number of nitrogens with zero attached hydrogens (tertiary/aromatic N) is 3. The Morgan fingerprint density at radius 2 is 2.00 bits per heavy atom. The third-order valence-electron chi connectivity index (χ3n) is 3.52. The Bertz CT molecular complexity index is 666. The highest BCUT2D eigenvalue weighted by Gasteiger charge is 2.20. The smallest absolute Gasteiger partial charge is 0.303 e. The molecule has 5 nitrogen and oxygen atoms in total. The van der Waals surface area contributed by atoms with E-state index >= 15 is 0 Å². The number of carboxylic acid groups (broad SMARTS) is 1. The van der Waals surface area contributed by atoms with Crippen molar-refractivity contribution in [3.8, 4) is 0 Å². The molecule has 0 aliphatic rings. The summed E-state index contributed by atoms with van der Waals surface area (Å²) in [7, 11) is 0. The van der Waals surface area contributed by atoms with Crippen molar-refractivity contribution in [2.24, 2.45) is 0 Å². The molecule has 108 valence electrons. The third kappa shape index (κ3) is 2.66. The van der Waals surface area contributed by atoms with Crippen molar-refractivity contribution in [1.29, 1.82) is 0 Å². The highest BCUT2D eigenvalue weighted by Crippen LogP contribution is 2.24. The fourth-order valence-corrected chi connectivity index (χ4v) is 2.29. The Morgan fingerprint density at radius 1 is 1.35 bits per heavy atom. The van der Waals surface area contributed by atoms with Crippen molar-refractivity contribution in [2.45, 2.75) is 52.9 Å². The Hall–Kier alpha value is -1.91. The number of aromatic nitrogens is 3. The quantitative estimate of drug-likeness (QED) is 0.935. The Balaban J connectivity index is 2.54. The number of aliphatic carboxylic acids is 1. The summed E-state index contributed by atoms with van der Waals surface area (Å²) in [6.45, 7) is 10.2. The van der Waals surface area contributed by atoms with Crippen LogP contribution in [0.5, 0.6) is 0 Å². The van der Waals surface area contributed by atoms with Crippen LogP contribution in [-0.4, -0.2) is 25.7 Å². The zero-order valence-electron chi connectivity index (χ0n) is 12.7. The predicted molar refractivity (Wildman–Crippen MR) is 77.1 cm³/mol. The molecular formula is C15H21N3O2. The molecule has 0 fully saturated rings. The minimum absolute atomic E-state index is 0.0325. The van der Waals surface area contributed by atoms with Crippen LogP contribution in [0.15, 0.2) is 6.07 Å². The van der Waals surface area contributed by atoms with Gasteiger partial charge in [0.2, 0.25) is 0 Å². The van der Waals surface area contributed by atoms with Crippen molar-refractivity contribution < 1.29 is 9.90 Å². The molecule has 0 radical (unpaired) electrons. The average molecular weight is 275 g/mol. The van der Waals surface area contributed by atoms with Gasteiger partial charge in [-0.2, -0.15) is 5.10 Å². The van der Waals surface area contributed by atoms with Crippen LogP contribution in [-0.2, 0) is 16.6 Å². The molecule has 0 amide bonds.